The second kappa shape index (κ2) is 6.74. The highest BCUT2D eigenvalue weighted by Crippen LogP contribution is 2.28. The lowest BCUT2D eigenvalue weighted by Gasteiger charge is -2.25. The Morgan fingerprint density at radius 3 is 2.76 bits per heavy atom. The summed E-state index contributed by atoms with van der Waals surface area (Å²) >= 11 is 1.50. The lowest BCUT2D eigenvalue weighted by Crippen LogP contribution is -2.49. The molecule has 0 aromatic carbocycles. The minimum atomic E-state index is -0.925. The Morgan fingerprint density at radius 2 is 2.18 bits per heavy atom. The molecule has 1 saturated heterocycles. The first-order chi connectivity index (χ1) is 8.07. The smallest absolute Gasteiger partial charge is 0.327 e. The van der Waals surface area contributed by atoms with E-state index in [-0.39, 0.29) is 11.4 Å². The lowest BCUT2D eigenvalue weighted by molar-refractivity contribution is -0.141. The van der Waals surface area contributed by atoms with Crippen LogP contribution < -0.4 is 5.32 Å². The van der Waals surface area contributed by atoms with Gasteiger partial charge in [-0.3, -0.25) is 4.90 Å². The molecule has 98 valence electrons. The number of hydrogen-bond donors (Lipinski definition) is 2. The largest absolute Gasteiger partial charge is 0.480 e. The van der Waals surface area contributed by atoms with Crippen LogP contribution in [-0.2, 0) is 4.79 Å². The van der Waals surface area contributed by atoms with Crippen molar-refractivity contribution in [1.29, 1.82) is 0 Å². The maximum atomic E-state index is 11.9. The number of carbonyl (C=O) groups excluding carboxylic acids is 1. The SMILES string of the molecule is CCCCCNC(=O)N1C(C)SCC1C(=O)O. The molecule has 2 N–H and O–H groups in total. The van der Waals surface area contributed by atoms with E-state index in [1.54, 1.807) is 0 Å². The topological polar surface area (TPSA) is 69.6 Å². The second-order valence-electron chi connectivity index (χ2n) is 4.13. The van der Waals surface area contributed by atoms with Crippen LogP contribution in [0.4, 0.5) is 4.79 Å². The molecule has 6 heteroatoms. The van der Waals surface area contributed by atoms with Crippen molar-refractivity contribution in [2.45, 2.75) is 44.5 Å². The number of carboxylic acids is 1. The number of aliphatic carboxylic acids is 1. The number of hydrogen-bond acceptors (Lipinski definition) is 3. The Labute approximate surface area is 106 Å². The number of nitrogens with zero attached hydrogens (tertiary/aromatic N) is 1. The molecule has 0 aromatic rings. The summed E-state index contributed by atoms with van der Waals surface area (Å²) in [6.07, 6.45) is 3.12. The number of urea groups is 1. The maximum absolute atomic E-state index is 11.9. The minimum absolute atomic E-state index is 0.0673. The van der Waals surface area contributed by atoms with Crippen molar-refractivity contribution in [1.82, 2.24) is 10.2 Å². The zero-order valence-corrected chi connectivity index (χ0v) is 11.1. The lowest BCUT2D eigenvalue weighted by atomic mass is 10.2. The third kappa shape index (κ3) is 3.80. The molecule has 0 spiro atoms. The van der Waals surface area contributed by atoms with Crippen LogP contribution in [0.5, 0.6) is 0 Å². The molecule has 17 heavy (non-hydrogen) atoms. The van der Waals surface area contributed by atoms with Crippen molar-refractivity contribution in [3.05, 3.63) is 0 Å². The Balaban J connectivity index is 2.45. The molecular weight excluding hydrogens is 240 g/mol. The van der Waals surface area contributed by atoms with Gasteiger partial charge in [-0.1, -0.05) is 19.8 Å². The molecule has 1 aliphatic rings. The Hall–Kier alpha value is -0.910. The molecule has 2 amide bonds. The standard InChI is InChI=1S/C11H20N2O3S/c1-3-4-5-6-12-11(16)13-8(2)17-7-9(13)10(14)15/h8-9H,3-7H2,1-2H3,(H,12,16)(H,14,15). The number of rotatable bonds is 5. The predicted molar refractivity (Wildman–Crippen MR) is 68.1 cm³/mol. The van der Waals surface area contributed by atoms with Crippen molar-refractivity contribution in [2.24, 2.45) is 0 Å². The number of thioether (sulfide) groups is 1. The third-order valence-corrected chi connectivity index (χ3v) is 4.02. The van der Waals surface area contributed by atoms with Crippen LogP contribution in [0.25, 0.3) is 0 Å². The molecule has 0 aliphatic carbocycles. The number of carboxylic acid groups (broad SMARTS) is 1. The maximum Gasteiger partial charge on any atom is 0.327 e. The summed E-state index contributed by atoms with van der Waals surface area (Å²) in [6, 6.07) is -0.952. The fourth-order valence-electron chi connectivity index (χ4n) is 1.80. The van der Waals surface area contributed by atoms with Gasteiger partial charge in [0.2, 0.25) is 0 Å². The highest BCUT2D eigenvalue weighted by molar-refractivity contribution is 8.00. The third-order valence-electron chi connectivity index (χ3n) is 2.80. The van der Waals surface area contributed by atoms with E-state index < -0.39 is 12.0 Å². The van der Waals surface area contributed by atoms with Gasteiger partial charge in [0, 0.05) is 12.3 Å². The molecule has 0 aromatic heterocycles. The van der Waals surface area contributed by atoms with E-state index in [1.807, 2.05) is 6.92 Å². The van der Waals surface area contributed by atoms with Crippen LogP contribution >= 0.6 is 11.8 Å². The van der Waals surface area contributed by atoms with Crippen molar-refractivity contribution in [3.63, 3.8) is 0 Å². The predicted octanol–water partition coefficient (Wildman–Crippen LogP) is 1.73. The van der Waals surface area contributed by atoms with Gasteiger partial charge in [-0.05, 0) is 13.3 Å². The Kier molecular flexibility index (Phi) is 5.61. The van der Waals surface area contributed by atoms with E-state index in [0.717, 1.165) is 19.3 Å². The second-order valence-corrected chi connectivity index (χ2v) is 5.48. The summed E-state index contributed by atoms with van der Waals surface area (Å²) in [6.45, 7) is 4.58. The number of amides is 2. The monoisotopic (exact) mass is 260 g/mol. The van der Waals surface area contributed by atoms with E-state index in [0.29, 0.717) is 12.3 Å². The normalized spacial score (nSPS) is 23.8. The quantitative estimate of drug-likeness (QED) is 0.739. The molecule has 1 aliphatic heterocycles. The minimum Gasteiger partial charge on any atom is -0.480 e. The Bertz CT molecular complexity index is 286. The molecule has 0 bridgehead atoms. The average molecular weight is 260 g/mol. The van der Waals surface area contributed by atoms with E-state index in [2.05, 4.69) is 12.2 Å². The van der Waals surface area contributed by atoms with Gasteiger partial charge in [0.15, 0.2) is 0 Å². The van der Waals surface area contributed by atoms with Crippen molar-refractivity contribution < 1.29 is 14.7 Å². The molecule has 0 radical (unpaired) electrons. The van der Waals surface area contributed by atoms with Crippen LogP contribution in [-0.4, -0.2) is 45.7 Å². The van der Waals surface area contributed by atoms with Gasteiger partial charge in [-0.25, -0.2) is 9.59 Å². The summed E-state index contributed by atoms with van der Waals surface area (Å²) in [5.74, 6) is -0.454. The molecule has 5 nitrogen and oxygen atoms in total. The van der Waals surface area contributed by atoms with Gasteiger partial charge < -0.3 is 10.4 Å². The molecule has 2 atom stereocenters. The first kappa shape index (κ1) is 14.2. The zero-order valence-electron chi connectivity index (χ0n) is 10.3. The van der Waals surface area contributed by atoms with Gasteiger partial charge in [-0.2, -0.15) is 0 Å². The Morgan fingerprint density at radius 1 is 1.47 bits per heavy atom. The highest BCUT2D eigenvalue weighted by Gasteiger charge is 2.39. The van der Waals surface area contributed by atoms with E-state index in [4.69, 9.17) is 5.11 Å². The van der Waals surface area contributed by atoms with Crippen LogP contribution in [0.15, 0.2) is 0 Å². The number of carbonyl (C=O) groups is 2. The van der Waals surface area contributed by atoms with Gasteiger partial charge in [0.1, 0.15) is 6.04 Å². The summed E-state index contributed by atoms with van der Waals surface area (Å²) in [5.41, 5.74) is 0. The summed E-state index contributed by atoms with van der Waals surface area (Å²) in [4.78, 5) is 24.3. The molecule has 1 fully saturated rings. The summed E-state index contributed by atoms with van der Waals surface area (Å²) in [7, 11) is 0. The summed E-state index contributed by atoms with van der Waals surface area (Å²) < 4.78 is 0. The van der Waals surface area contributed by atoms with Crippen molar-refractivity contribution in [2.75, 3.05) is 12.3 Å². The van der Waals surface area contributed by atoms with Crippen molar-refractivity contribution >= 4 is 23.8 Å². The van der Waals surface area contributed by atoms with Gasteiger partial charge >= 0.3 is 12.0 Å². The van der Waals surface area contributed by atoms with Crippen LogP contribution in [0, 0.1) is 0 Å². The van der Waals surface area contributed by atoms with Crippen molar-refractivity contribution in [3.8, 4) is 0 Å². The fraction of sp³-hybridized carbons (Fsp3) is 0.818. The number of nitrogens with one attached hydrogen (secondary N) is 1. The number of unbranched alkanes of at least 4 members (excludes halogenated alkanes) is 2. The highest BCUT2D eigenvalue weighted by atomic mass is 32.2. The van der Waals surface area contributed by atoms with E-state index in [9.17, 15) is 9.59 Å². The van der Waals surface area contributed by atoms with Gasteiger partial charge in [0.05, 0.1) is 5.37 Å². The zero-order chi connectivity index (χ0) is 12.8. The molecule has 2 unspecified atom stereocenters. The molecule has 1 rings (SSSR count). The molecule has 0 saturated carbocycles. The average Bonchev–Trinajstić information content (AvgIpc) is 2.66. The summed E-state index contributed by atoms with van der Waals surface area (Å²) in [5, 5.41) is 11.7. The van der Waals surface area contributed by atoms with Crippen LogP contribution in [0.3, 0.4) is 0 Å². The van der Waals surface area contributed by atoms with E-state index >= 15 is 0 Å². The fourth-order valence-corrected chi connectivity index (χ4v) is 2.97. The van der Waals surface area contributed by atoms with Gasteiger partial charge in [0.25, 0.3) is 0 Å². The molecule has 1 heterocycles. The first-order valence-corrected chi connectivity index (χ1v) is 7.03. The first-order valence-electron chi connectivity index (χ1n) is 5.98. The van der Waals surface area contributed by atoms with Crippen LogP contribution in [0.1, 0.15) is 33.1 Å². The molecular formula is C11H20N2O3S. The van der Waals surface area contributed by atoms with Gasteiger partial charge in [-0.15, -0.1) is 11.8 Å². The van der Waals surface area contributed by atoms with Crippen LogP contribution in [0.2, 0.25) is 0 Å². The van der Waals surface area contributed by atoms with E-state index in [1.165, 1.54) is 16.7 Å².